The molecule has 0 atom stereocenters. The van der Waals surface area contributed by atoms with Crippen molar-refractivity contribution in [3.63, 3.8) is 0 Å². The van der Waals surface area contributed by atoms with Crippen LogP contribution in [0.15, 0.2) is 22.8 Å². The van der Waals surface area contributed by atoms with Gasteiger partial charge in [-0.25, -0.2) is 9.78 Å². The molecular weight excluding hydrogens is 262 g/mol. The smallest absolute Gasteiger partial charge is 0.349 e. The number of rotatable bonds is 3. The molecule has 4 nitrogen and oxygen atoms in total. The Balaban J connectivity index is 2.81. The summed E-state index contributed by atoms with van der Waals surface area (Å²) in [6, 6.07) is 5.23. The van der Waals surface area contributed by atoms with Crippen LogP contribution in [0.5, 0.6) is 5.88 Å². The molecule has 0 amide bonds. The number of halogens is 1. The first-order valence-electron chi connectivity index (χ1n) is 4.35. The number of carbonyl (C=O) groups excluding carboxylic acids is 1. The van der Waals surface area contributed by atoms with Gasteiger partial charge in [-0.3, -0.25) is 0 Å². The maximum atomic E-state index is 11.3. The highest BCUT2D eigenvalue weighted by atomic mass is 79.9. The summed E-state index contributed by atoms with van der Waals surface area (Å²) < 4.78 is 10.7. The van der Waals surface area contributed by atoms with Crippen LogP contribution in [0.4, 0.5) is 0 Å². The number of aromatic nitrogens is 1. The third-order valence-electron chi connectivity index (χ3n) is 1.73. The van der Waals surface area contributed by atoms with E-state index in [0.717, 1.165) is 0 Å². The molecule has 82 valence electrons. The minimum Gasteiger partial charge on any atom is -0.466 e. The summed E-state index contributed by atoms with van der Waals surface area (Å²) >= 11 is 3.22. The predicted molar refractivity (Wildman–Crippen MR) is 58.7 cm³/mol. The highest BCUT2D eigenvalue weighted by molar-refractivity contribution is 9.10. The third-order valence-corrected chi connectivity index (χ3v) is 2.17. The predicted octanol–water partition coefficient (Wildman–Crippen LogP) is 2.17. The van der Waals surface area contributed by atoms with Gasteiger partial charge >= 0.3 is 5.97 Å². The number of hydrogen-bond acceptors (Lipinski definition) is 4. The number of hydrogen-bond donors (Lipinski definition) is 0. The zero-order valence-electron chi connectivity index (χ0n) is 8.78. The Morgan fingerprint density at radius 2 is 2.13 bits per heavy atom. The molecule has 0 spiro atoms. The van der Waals surface area contributed by atoms with E-state index in [0.29, 0.717) is 10.5 Å². The van der Waals surface area contributed by atoms with Crippen molar-refractivity contribution < 1.29 is 14.3 Å². The van der Waals surface area contributed by atoms with Gasteiger partial charge in [-0.2, -0.15) is 0 Å². The van der Waals surface area contributed by atoms with Crippen LogP contribution < -0.4 is 4.74 Å². The second-order valence-corrected chi connectivity index (χ2v) is 4.21. The summed E-state index contributed by atoms with van der Waals surface area (Å²) in [4.78, 5) is 15.4. The first-order chi connectivity index (χ1) is 6.95. The molecule has 5 heteroatoms. The lowest BCUT2D eigenvalue weighted by atomic mass is 10.1. The fraction of sp³-hybridized carbons (Fsp3) is 0.400. The number of ether oxygens (including phenoxy) is 2. The van der Waals surface area contributed by atoms with Gasteiger partial charge in [0.2, 0.25) is 11.5 Å². The molecule has 0 bridgehead atoms. The minimum atomic E-state index is -1.04. The van der Waals surface area contributed by atoms with Crippen LogP contribution in [0, 0.1) is 0 Å². The van der Waals surface area contributed by atoms with E-state index in [1.165, 1.54) is 7.11 Å². The Morgan fingerprint density at radius 3 is 2.67 bits per heavy atom. The fourth-order valence-electron chi connectivity index (χ4n) is 0.995. The molecule has 0 saturated carbocycles. The van der Waals surface area contributed by atoms with Crippen molar-refractivity contribution in [2.24, 2.45) is 0 Å². The van der Waals surface area contributed by atoms with E-state index in [4.69, 9.17) is 4.74 Å². The zero-order chi connectivity index (χ0) is 11.5. The zero-order valence-corrected chi connectivity index (χ0v) is 10.4. The van der Waals surface area contributed by atoms with Crippen molar-refractivity contribution in [2.75, 3.05) is 7.11 Å². The van der Waals surface area contributed by atoms with Gasteiger partial charge in [0.15, 0.2) is 0 Å². The van der Waals surface area contributed by atoms with E-state index in [1.807, 2.05) is 0 Å². The van der Waals surface area contributed by atoms with Gasteiger partial charge in [0.1, 0.15) is 4.60 Å². The number of methoxy groups -OCH3 is 1. The molecule has 0 aliphatic carbocycles. The molecule has 0 unspecified atom stereocenters. The molecule has 0 fully saturated rings. The molecule has 0 saturated heterocycles. The second kappa shape index (κ2) is 4.61. The molecule has 1 heterocycles. The van der Waals surface area contributed by atoms with Gasteiger partial charge in [0.05, 0.1) is 7.11 Å². The van der Waals surface area contributed by atoms with E-state index >= 15 is 0 Å². The largest absolute Gasteiger partial charge is 0.466 e. The second-order valence-electron chi connectivity index (χ2n) is 3.40. The summed E-state index contributed by atoms with van der Waals surface area (Å²) in [7, 11) is 1.32. The van der Waals surface area contributed by atoms with E-state index < -0.39 is 11.6 Å². The number of carbonyl (C=O) groups is 1. The minimum absolute atomic E-state index is 0.375. The van der Waals surface area contributed by atoms with Crippen LogP contribution in [0.3, 0.4) is 0 Å². The van der Waals surface area contributed by atoms with Gasteiger partial charge in [-0.1, -0.05) is 6.07 Å². The highest BCUT2D eigenvalue weighted by Crippen LogP contribution is 2.19. The maximum Gasteiger partial charge on any atom is 0.349 e. The summed E-state index contributed by atoms with van der Waals surface area (Å²) in [6.45, 7) is 3.25. The van der Waals surface area contributed by atoms with Crippen LogP contribution in [0.2, 0.25) is 0 Å². The van der Waals surface area contributed by atoms with Gasteiger partial charge in [-0.05, 0) is 35.8 Å². The van der Waals surface area contributed by atoms with E-state index in [2.05, 4.69) is 25.7 Å². The third kappa shape index (κ3) is 3.20. The van der Waals surface area contributed by atoms with Crippen LogP contribution in [-0.2, 0) is 9.53 Å². The molecule has 15 heavy (non-hydrogen) atoms. The van der Waals surface area contributed by atoms with E-state index in [-0.39, 0.29) is 0 Å². The van der Waals surface area contributed by atoms with Crippen LogP contribution in [-0.4, -0.2) is 23.7 Å². The number of pyridine rings is 1. The molecule has 0 radical (unpaired) electrons. The topological polar surface area (TPSA) is 48.4 Å². The summed E-state index contributed by atoms with van der Waals surface area (Å²) in [6.07, 6.45) is 0. The number of nitrogens with zero attached hydrogens (tertiary/aromatic N) is 1. The molecule has 0 aliphatic heterocycles. The van der Waals surface area contributed by atoms with Gasteiger partial charge in [0, 0.05) is 6.07 Å². The van der Waals surface area contributed by atoms with Crippen LogP contribution in [0.1, 0.15) is 13.8 Å². The molecule has 1 aromatic rings. The van der Waals surface area contributed by atoms with E-state index in [1.54, 1.807) is 32.0 Å². The average molecular weight is 274 g/mol. The Bertz CT molecular complexity index is 365. The Labute approximate surface area is 96.7 Å². The Kier molecular flexibility index (Phi) is 3.68. The normalized spacial score (nSPS) is 10.9. The van der Waals surface area contributed by atoms with Crippen molar-refractivity contribution in [3.8, 4) is 5.88 Å². The van der Waals surface area contributed by atoms with Crippen molar-refractivity contribution >= 4 is 21.9 Å². The van der Waals surface area contributed by atoms with Crippen molar-refractivity contribution in [1.82, 2.24) is 4.98 Å². The average Bonchev–Trinajstić information content (AvgIpc) is 2.15. The quantitative estimate of drug-likeness (QED) is 0.626. The van der Waals surface area contributed by atoms with Crippen LogP contribution >= 0.6 is 15.9 Å². The van der Waals surface area contributed by atoms with Crippen molar-refractivity contribution in [3.05, 3.63) is 22.8 Å². The van der Waals surface area contributed by atoms with Gasteiger partial charge < -0.3 is 9.47 Å². The lowest BCUT2D eigenvalue weighted by molar-refractivity contribution is -0.156. The SMILES string of the molecule is COC(=O)C(C)(C)Oc1cccc(Br)n1. The van der Waals surface area contributed by atoms with Crippen LogP contribution in [0.25, 0.3) is 0 Å². The monoisotopic (exact) mass is 273 g/mol. The summed E-state index contributed by atoms with van der Waals surface area (Å²) in [5.74, 6) is -0.0657. The molecule has 1 aromatic heterocycles. The first-order valence-corrected chi connectivity index (χ1v) is 5.15. The standard InChI is InChI=1S/C10H12BrNO3/c1-10(2,9(13)14-3)15-8-6-4-5-7(11)12-8/h4-6H,1-3H3. The Hall–Kier alpha value is -1.10. The van der Waals surface area contributed by atoms with E-state index in [9.17, 15) is 4.79 Å². The molecular formula is C10H12BrNO3. The first kappa shape index (κ1) is 12.0. The summed E-state index contributed by atoms with van der Waals surface area (Å²) in [5.41, 5.74) is -1.04. The van der Waals surface area contributed by atoms with Gasteiger partial charge in [0.25, 0.3) is 0 Å². The molecule has 0 N–H and O–H groups in total. The lowest BCUT2D eigenvalue weighted by Crippen LogP contribution is -2.39. The molecule has 0 aliphatic rings. The maximum absolute atomic E-state index is 11.3. The highest BCUT2D eigenvalue weighted by Gasteiger charge is 2.31. The number of esters is 1. The molecule has 1 rings (SSSR count). The van der Waals surface area contributed by atoms with Crippen molar-refractivity contribution in [1.29, 1.82) is 0 Å². The van der Waals surface area contributed by atoms with Crippen molar-refractivity contribution in [2.45, 2.75) is 19.4 Å². The Morgan fingerprint density at radius 1 is 1.47 bits per heavy atom. The lowest BCUT2D eigenvalue weighted by Gasteiger charge is -2.22. The van der Waals surface area contributed by atoms with Gasteiger partial charge in [-0.15, -0.1) is 0 Å². The fourth-order valence-corrected chi connectivity index (χ4v) is 1.32. The molecule has 0 aromatic carbocycles. The summed E-state index contributed by atoms with van der Waals surface area (Å²) in [5, 5.41) is 0.